The van der Waals surface area contributed by atoms with Gasteiger partial charge in [-0.25, -0.2) is 4.79 Å². The number of aliphatic carboxylic acids is 1. The van der Waals surface area contributed by atoms with Crippen LogP contribution in [-0.2, 0) is 4.79 Å². The quantitative estimate of drug-likeness (QED) is 0.754. The van der Waals surface area contributed by atoms with Gasteiger partial charge in [0.1, 0.15) is 11.7 Å². The van der Waals surface area contributed by atoms with E-state index in [1.807, 2.05) is 0 Å². The van der Waals surface area contributed by atoms with Crippen LogP contribution in [0.15, 0.2) is 31.0 Å². The minimum absolute atomic E-state index is 0.237. The third-order valence-corrected chi connectivity index (χ3v) is 2.43. The predicted octanol–water partition coefficient (Wildman–Crippen LogP) is 1.22. The van der Waals surface area contributed by atoms with Crippen LogP contribution in [0.5, 0.6) is 0 Å². The Labute approximate surface area is 111 Å². The second-order valence-electron chi connectivity index (χ2n) is 4.19. The molecule has 6 nitrogen and oxygen atoms in total. The van der Waals surface area contributed by atoms with Crippen LogP contribution in [0.1, 0.15) is 16.9 Å². The van der Waals surface area contributed by atoms with Crippen LogP contribution < -0.4 is 5.32 Å². The fourth-order valence-electron chi connectivity index (χ4n) is 1.46. The molecule has 1 unspecified atom stereocenters. The monoisotopic (exact) mass is 263 g/mol. The summed E-state index contributed by atoms with van der Waals surface area (Å²) in [5, 5.41) is 11.9. The molecule has 0 fully saturated rings. The lowest BCUT2D eigenvalue weighted by Crippen LogP contribution is -2.29. The van der Waals surface area contributed by atoms with Gasteiger partial charge < -0.3 is 15.3 Å². The summed E-state index contributed by atoms with van der Waals surface area (Å²) in [5.74, 6) is -1.21. The third-order valence-electron chi connectivity index (χ3n) is 2.43. The van der Waals surface area contributed by atoms with Crippen molar-refractivity contribution < 1.29 is 14.7 Å². The van der Waals surface area contributed by atoms with Crippen molar-refractivity contribution in [3.8, 4) is 0 Å². The number of rotatable bonds is 6. The molecule has 1 atom stereocenters. The van der Waals surface area contributed by atoms with Crippen molar-refractivity contribution in [1.29, 1.82) is 0 Å². The first-order valence-corrected chi connectivity index (χ1v) is 5.73. The third kappa shape index (κ3) is 4.09. The van der Waals surface area contributed by atoms with Crippen LogP contribution in [0, 0.1) is 0 Å². The van der Waals surface area contributed by atoms with Crippen molar-refractivity contribution in [3.05, 3.63) is 36.7 Å². The van der Waals surface area contributed by atoms with Gasteiger partial charge in [0.05, 0.1) is 0 Å². The van der Waals surface area contributed by atoms with Crippen LogP contribution in [0.3, 0.4) is 0 Å². The Kier molecular flexibility index (Phi) is 5.05. The Morgan fingerprint density at radius 2 is 2.26 bits per heavy atom. The molecule has 0 bridgehead atoms. The van der Waals surface area contributed by atoms with E-state index >= 15 is 0 Å². The van der Waals surface area contributed by atoms with Gasteiger partial charge in [-0.3, -0.25) is 9.78 Å². The Bertz CT molecular complexity index is 486. The van der Waals surface area contributed by atoms with Crippen molar-refractivity contribution in [2.45, 2.75) is 12.5 Å². The van der Waals surface area contributed by atoms with E-state index in [0.29, 0.717) is 5.69 Å². The van der Waals surface area contributed by atoms with Crippen molar-refractivity contribution in [3.63, 3.8) is 0 Å². The van der Waals surface area contributed by atoms with Crippen molar-refractivity contribution in [2.75, 3.05) is 19.4 Å². The van der Waals surface area contributed by atoms with Crippen molar-refractivity contribution >= 4 is 17.6 Å². The number of carboxylic acid groups (broad SMARTS) is 1. The molecule has 0 saturated carbocycles. The summed E-state index contributed by atoms with van der Waals surface area (Å²) >= 11 is 0. The smallest absolute Gasteiger partial charge is 0.326 e. The summed E-state index contributed by atoms with van der Waals surface area (Å²) in [5.41, 5.74) is 0.798. The van der Waals surface area contributed by atoms with Gasteiger partial charge in [0.25, 0.3) is 5.91 Å². The summed E-state index contributed by atoms with van der Waals surface area (Å²) in [4.78, 5) is 28.1. The normalized spacial score (nSPS) is 11.5. The van der Waals surface area contributed by atoms with Crippen LogP contribution in [-0.4, -0.2) is 47.0 Å². The molecule has 0 spiro atoms. The molecule has 6 heteroatoms. The van der Waals surface area contributed by atoms with Gasteiger partial charge in [-0.2, -0.15) is 0 Å². The summed E-state index contributed by atoms with van der Waals surface area (Å²) in [6.07, 6.45) is 3.28. The Hall–Kier alpha value is -2.37. The lowest BCUT2D eigenvalue weighted by atomic mass is 10.2. The number of anilines is 1. The highest BCUT2D eigenvalue weighted by atomic mass is 16.4. The SMILES string of the molecule is C=CCC(Nc1ccnc(C(=O)N(C)C)c1)C(=O)O. The number of hydrogen-bond donors (Lipinski definition) is 2. The van der Waals surface area contributed by atoms with E-state index in [-0.39, 0.29) is 18.0 Å². The molecule has 0 aliphatic heterocycles. The van der Waals surface area contributed by atoms with Gasteiger partial charge in [0, 0.05) is 26.0 Å². The topological polar surface area (TPSA) is 82.5 Å². The first-order valence-electron chi connectivity index (χ1n) is 5.73. The molecule has 19 heavy (non-hydrogen) atoms. The highest BCUT2D eigenvalue weighted by Gasteiger charge is 2.16. The van der Waals surface area contributed by atoms with Crippen molar-refractivity contribution in [2.24, 2.45) is 0 Å². The maximum atomic E-state index is 11.7. The van der Waals surface area contributed by atoms with E-state index < -0.39 is 12.0 Å². The van der Waals surface area contributed by atoms with Crippen molar-refractivity contribution in [1.82, 2.24) is 9.88 Å². The maximum absolute atomic E-state index is 11.7. The zero-order valence-corrected chi connectivity index (χ0v) is 11.0. The Morgan fingerprint density at radius 3 is 2.79 bits per heavy atom. The van der Waals surface area contributed by atoms with Crippen LogP contribution in [0.4, 0.5) is 5.69 Å². The minimum Gasteiger partial charge on any atom is -0.480 e. The molecule has 1 amide bonds. The zero-order valence-electron chi connectivity index (χ0n) is 11.0. The first-order chi connectivity index (χ1) is 8.95. The second-order valence-corrected chi connectivity index (χ2v) is 4.19. The summed E-state index contributed by atoms with van der Waals surface area (Å²) in [6, 6.07) is 2.37. The molecule has 102 valence electrons. The van der Waals surface area contributed by atoms with E-state index in [4.69, 9.17) is 5.11 Å². The Balaban J connectivity index is 2.90. The number of hydrogen-bond acceptors (Lipinski definition) is 4. The number of amides is 1. The molecule has 1 rings (SSSR count). The first kappa shape index (κ1) is 14.7. The molecule has 0 radical (unpaired) electrons. The lowest BCUT2D eigenvalue weighted by Gasteiger charge is -2.15. The number of nitrogens with zero attached hydrogens (tertiary/aromatic N) is 2. The highest BCUT2D eigenvalue weighted by Crippen LogP contribution is 2.12. The molecule has 1 heterocycles. The van der Waals surface area contributed by atoms with E-state index in [2.05, 4.69) is 16.9 Å². The lowest BCUT2D eigenvalue weighted by molar-refractivity contribution is -0.137. The van der Waals surface area contributed by atoms with Gasteiger partial charge in [-0.1, -0.05) is 6.08 Å². The largest absolute Gasteiger partial charge is 0.480 e. The van der Waals surface area contributed by atoms with E-state index in [0.717, 1.165) is 0 Å². The summed E-state index contributed by atoms with van der Waals surface area (Å²) in [6.45, 7) is 3.52. The predicted molar refractivity (Wildman–Crippen MR) is 72.1 cm³/mol. The molecule has 0 aromatic carbocycles. The average molecular weight is 263 g/mol. The maximum Gasteiger partial charge on any atom is 0.326 e. The highest BCUT2D eigenvalue weighted by molar-refractivity contribution is 5.92. The van der Waals surface area contributed by atoms with Gasteiger partial charge >= 0.3 is 5.97 Å². The number of pyridine rings is 1. The molecule has 1 aromatic heterocycles. The molecule has 0 aliphatic rings. The molecule has 2 N–H and O–H groups in total. The number of carboxylic acids is 1. The van der Waals surface area contributed by atoms with Gasteiger partial charge in [0.15, 0.2) is 0 Å². The fourth-order valence-corrected chi connectivity index (χ4v) is 1.46. The fraction of sp³-hybridized carbons (Fsp3) is 0.308. The van der Waals surface area contributed by atoms with Gasteiger partial charge in [-0.05, 0) is 18.6 Å². The second kappa shape index (κ2) is 6.53. The average Bonchev–Trinajstić information content (AvgIpc) is 2.37. The minimum atomic E-state index is -0.975. The van der Waals surface area contributed by atoms with E-state index in [9.17, 15) is 9.59 Å². The zero-order chi connectivity index (χ0) is 14.4. The molecule has 0 aliphatic carbocycles. The standard InChI is InChI=1S/C13H17N3O3/c1-4-5-10(13(18)19)15-9-6-7-14-11(8-9)12(17)16(2)3/h4,6-8,10H,1,5H2,2-3H3,(H,14,15)(H,18,19). The molecular weight excluding hydrogens is 246 g/mol. The number of carbonyl (C=O) groups excluding carboxylic acids is 1. The number of nitrogens with one attached hydrogen (secondary N) is 1. The summed E-state index contributed by atoms with van der Waals surface area (Å²) < 4.78 is 0. The number of carbonyl (C=O) groups is 2. The number of aromatic nitrogens is 1. The Morgan fingerprint density at radius 1 is 1.58 bits per heavy atom. The van der Waals surface area contributed by atoms with E-state index in [1.54, 1.807) is 20.2 Å². The molecule has 0 saturated heterocycles. The van der Waals surface area contributed by atoms with Gasteiger partial charge in [-0.15, -0.1) is 6.58 Å². The van der Waals surface area contributed by atoms with Crippen LogP contribution >= 0.6 is 0 Å². The summed E-state index contributed by atoms with van der Waals surface area (Å²) in [7, 11) is 3.25. The van der Waals surface area contributed by atoms with Crippen LogP contribution in [0.2, 0.25) is 0 Å². The van der Waals surface area contributed by atoms with E-state index in [1.165, 1.54) is 23.2 Å². The van der Waals surface area contributed by atoms with Gasteiger partial charge in [0.2, 0.25) is 0 Å². The molecule has 1 aromatic rings. The molecular formula is C13H17N3O3. The van der Waals surface area contributed by atoms with Crippen LogP contribution in [0.25, 0.3) is 0 Å².